The molecular weight excluding hydrogens is 242 g/mol. The molecule has 2 N–H and O–H groups in total. The van der Waals surface area contributed by atoms with Gasteiger partial charge in [0.1, 0.15) is 6.07 Å². The Morgan fingerprint density at radius 1 is 1.33 bits per heavy atom. The van der Waals surface area contributed by atoms with Gasteiger partial charge in [-0.1, -0.05) is 29.8 Å². The fourth-order valence-corrected chi connectivity index (χ4v) is 2.40. The quantitative estimate of drug-likeness (QED) is 0.856. The van der Waals surface area contributed by atoms with E-state index in [9.17, 15) is 0 Å². The smallest absolute Gasteiger partial charge is 0.164 e. The van der Waals surface area contributed by atoms with Crippen LogP contribution in [0.3, 0.4) is 0 Å². The summed E-state index contributed by atoms with van der Waals surface area (Å²) in [5.74, 6) is 0.837. The molecule has 1 aromatic heterocycles. The second-order valence-electron chi connectivity index (χ2n) is 3.98. The molecule has 0 saturated carbocycles. The summed E-state index contributed by atoms with van der Waals surface area (Å²) >= 11 is 1.60. The standard InChI is InChI=1S/C14H13N3S/c1-10-3-2-4-11(7-10)9-18-14-6-5-12(16)13(8-15)17-14/h2-7H,9,16H2,1H3. The number of thioether (sulfide) groups is 1. The number of aryl methyl sites for hydroxylation is 1. The third kappa shape index (κ3) is 3.02. The lowest BCUT2D eigenvalue weighted by atomic mass is 10.2. The van der Waals surface area contributed by atoms with Crippen LogP contribution in [0.4, 0.5) is 5.69 Å². The predicted octanol–water partition coefficient (Wildman–Crippen LogP) is 3.14. The van der Waals surface area contributed by atoms with Gasteiger partial charge in [-0.3, -0.25) is 0 Å². The van der Waals surface area contributed by atoms with E-state index in [1.54, 1.807) is 17.8 Å². The molecule has 0 aliphatic carbocycles. The van der Waals surface area contributed by atoms with Crippen molar-refractivity contribution in [2.75, 3.05) is 5.73 Å². The van der Waals surface area contributed by atoms with Gasteiger partial charge in [0.2, 0.25) is 0 Å². The van der Waals surface area contributed by atoms with Crippen LogP contribution in [-0.4, -0.2) is 4.98 Å². The van der Waals surface area contributed by atoms with Crippen molar-refractivity contribution < 1.29 is 0 Å². The van der Waals surface area contributed by atoms with E-state index in [1.807, 2.05) is 18.2 Å². The van der Waals surface area contributed by atoms with E-state index in [0.717, 1.165) is 10.8 Å². The Labute approximate surface area is 111 Å². The fraction of sp³-hybridized carbons (Fsp3) is 0.143. The van der Waals surface area contributed by atoms with Gasteiger partial charge in [0.05, 0.1) is 10.7 Å². The minimum absolute atomic E-state index is 0.296. The lowest BCUT2D eigenvalue weighted by molar-refractivity contribution is 1.10. The highest BCUT2D eigenvalue weighted by molar-refractivity contribution is 7.98. The van der Waals surface area contributed by atoms with Crippen molar-refractivity contribution >= 4 is 17.4 Å². The summed E-state index contributed by atoms with van der Waals surface area (Å²) in [6.45, 7) is 2.07. The molecule has 0 unspecified atom stereocenters. The molecular formula is C14H13N3S. The maximum absolute atomic E-state index is 8.86. The van der Waals surface area contributed by atoms with Crippen LogP contribution in [0.2, 0.25) is 0 Å². The molecule has 2 rings (SSSR count). The highest BCUT2D eigenvalue weighted by Gasteiger charge is 2.03. The van der Waals surface area contributed by atoms with Crippen molar-refractivity contribution in [1.82, 2.24) is 4.98 Å². The Hall–Kier alpha value is -1.99. The minimum atomic E-state index is 0.296. The molecule has 1 heterocycles. The Bertz CT molecular complexity index is 602. The predicted molar refractivity (Wildman–Crippen MR) is 74.1 cm³/mol. The number of aromatic nitrogens is 1. The zero-order chi connectivity index (χ0) is 13.0. The summed E-state index contributed by atoms with van der Waals surface area (Å²) in [5, 5.41) is 9.68. The van der Waals surface area contributed by atoms with Crippen LogP contribution < -0.4 is 5.73 Å². The second kappa shape index (κ2) is 5.56. The molecule has 0 saturated heterocycles. The number of nitrogens with two attached hydrogens (primary N) is 1. The first kappa shape index (κ1) is 12.5. The van der Waals surface area contributed by atoms with Crippen molar-refractivity contribution in [3.05, 3.63) is 53.2 Å². The van der Waals surface area contributed by atoms with Crippen molar-refractivity contribution in [3.8, 4) is 6.07 Å². The average Bonchev–Trinajstić information content (AvgIpc) is 2.38. The number of pyridine rings is 1. The number of hydrogen-bond donors (Lipinski definition) is 1. The SMILES string of the molecule is Cc1cccc(CSc2ccc(N)c(C#N)n2)c1. The second-order valence-corrected chi connectivity index (χ2v) is 4.97. The Morgan fingerprint density at radius 2 is 2.17 bits per heavy atom. The van der Waals surface area contributed by atoms with Gasteiger partial charge in [-0.25, -0.2) is 4.98 Å². The Morgan fingerprint density at radius 3 is 2.89 bits per heavy atom. The van der Waals surface area contributed by atoms with E-state index >= 15 is 0 Å². The number of rotatable bonds is 3. The molecule has 3 nitrogen and oxygen atoms in total. The molecule has 0 radical (unpaired) electrons. The molecule has 0 bridgehead atoms. The molecule has 0 atom stereocenters. The topological polar surface area (TPSA) is 62.7 Å². The van der Waals surface area contributed by atoms with Gasteiger partial charge in [0.25, 0.3) is 0 Å². The maximum Gasteiger partial charge on any atom is 0.164 e. The molecule has 0 amide bonds. The first-order valence-corrected chi connectivity index (χ1v) is 6.52. The van der Waals surface area contributed by atoms with E-state index in [2.05, 4.69) is 30.1 Å². The first-order valence-electron chi connectivity index (χ1n) is 5.54. The highest BCUT2D eigenvalue weighted by atomic mass is 32.2. The van der Waals surface area contributed by atoms with Gasteiger partial charge in [0, 0.05) is 5.75 Å². The van der Waals surface area contributed by atoms with Crippen molar-refractivity contribution in [1.29, 1.82) is 5.26 Å². The fourth-order valence-electron chi connectivity index (χ4n) is 1.58. The third-order valence-corrected chi connectivity index (χ3v) is 3.48. The van der Waals surface area contributed by atoms with Crippen LogP contribution in [0.15, 0.2) is 41.4 Å². The molecule has 0 aliphatic heterocycles. The van der Waals surface area contributed by atoms with Crippen molar-refractivity contribution in [3.63, 3.8) is 0 Å². The Kier molecular flexibility index (Phi) is 3.85. The van der Waals surface area contributed by atoms with Gasteiger partial charge in [-0.2, -0.15) is 5.26 Å². The summed E-state index contributed by atoms with van der Waals surface area (Å²) in [4.78, 5) is 4.21. The first-order chi connectivity index (χ1) is 8.69. The lowest BCUT2D eigenvalue weighted by Gasteiger charge is -2.04. The molecule has 0 spiro atoms. The summed E-state index contributed by atoms with van der Waals surface area (Å²) < 4.78 is 0. The van der Waals surface area contributed by atoms with Gasteiger partial charge in [-0.05, 0) is 24.6 Å². The van der Waals surface area contributed by atoms with Crippen LogP contribution >= 0.6 is 11.8 Å². The normalized spacial score (nSPS) is 10.0. The van der Waals surface area contributed by atoms with E-state index < -0.39 is 0 Å². The monoisotopic (exact) mass is 255 g/mol. The molecule has 4 heteroatoms. The summed E-state index contributed by atoms with van der Waals surface area (Å²) in [6.07, 6.45) is 0. The molecule has 0 fully saturated rings. The lowest BCUT2D eigenvalue weighted by Crippen LogP contribution is -1.94. The molecule has 0 aliphatic rings. The highest BCUT2D eigenvalue weighted by Crippen LogP contribution is 2.23. The van der Waals surface area contributed by atoms with Crippen molar-refractivity contribution in [2.45, 2.75) is 17.7 Å². The minimum Gasteiger partial charge on any atom is -0.396 e. The van der Waals surface area contributed by atoms with Crippen LogP contribution in [-0.2, 0) is 5.75 Å². The number of nitrogens with zero attached hydrogens (tertiary/aromatic N) is 2. The van der Waals surface area contributed by atoms with E-state index in [0.29, 0.717) is 11.4 Å². The summed E-state index contributed by atoms with van der Waals surface area (Å²) in [6, 6.07) is 13.9. The van der Waals surface area contributed by atoms with Gasteiger partial charge < -0.3 is 5.73 Å². The van der Waals surface area contributed by atoms with Crippen LogP contribution in [0, 0.1) is 18.3 Å². The van der Waals surface area contributed by atoms with E-state index in [4.69, 9.17) is 11.0 Å². The largest absolute Gasteiger partial charge is 0.396 e. The number of anilines is 1. The average molecular weight is 255 g/mol. The van der Waals surface area contributed by atoms with Gasteiger partial charge in [-0.15, -0.1) is 11.8 Å². The van der Waals surface area contributed by atoms with Crippen LogP contribution in [0.5, 0.6) is 0 Å². The molecule has 90 valence electrons. The zero-order valence-electron chi connectivity index (χ0n) is 10.1. The van der Waals surface area contributed by atoms with E-state index in [-0.39, 0.29) is 0 Å². The van der Waals surface area contributed by atoms with Crippen LogP contribution in [0.1, 0.15) is 16.8 Å². The molecule has 1 aromatic carbocycles. The van der Waals surface area contributed by atoms with Crippen LogP contribution in [0.25, 0.3) is 0 Å². The number of hydrogen-bond acceptors (Lipinski definition) is 4. The van der Waals surface area contributed by atoms with E-state index in [1.165, 1.54) is 11.1 Å². The number of nitrogen functional groups attached to an aromatic ring is 1. The molecule has 2 aromatic rings. The van der Waals surface area contributed by atoms with Gasteiger partial charge >= 0.3 is 0 Å². The summed E-state index contributed by atoms with van der Waals surface area (Å²) in [7, 11) is 0. The number of benzene rings is 1. The van der Waals surface area contributed by atoms with Crippen molar-refractivity contribution in [2.24, 2.45) is 0 Å². The van der Waals surface area contributed by atoms with Gasteiger partial charge in [0.15, 0.2) is 5.69 Å². The summed E-state index contributed by atoms with van der Waals surface area (Å²) in [5.41, 5.74) is 8.85. The zero-order valence-corrected chi connectivity index (χ0v) is 10.9. The molecule has 18 heavy (non-hydrogen) atoms. The third-order valence-electron chi connectivity index (χ3n) is 2.48. The number of nitriles is 1. The Balaban J connectivity index is 2.09. The maximum atomic E-state index is 8.86.